The number of Topliss-reactive ketones (excluding diaryl/α,β-unsaturated/α-hetero) is 1. The summed E-state index contributed by atoms with van der Waals surface area (Å²) in [7, 11) is 1.87. The van der Waals surface area contributed by atoms with E-state index in [0.717, 1.165) is 11.1 Å². The van der Waals surface area contributed by atoms with E-state index in [4.69, 9.17) is 5.26 Å². The van der Waals surface area contributed by atoms with E-state index < -0.39 is 0 Å². The van der Waals surface area contributed by atoms with E-state index in [0.29, 0.717) is 13.0 Å². The van der Waals surface area contributed by atoms with Gasteiger partial charge in [-0.05, 0) is 20.9 Å². The third-order valence-electron chi connectivity index (χ3n) is 2.95. The predicted octanol–water partition coefficient (Wildman–Crippen LogP) is 2.41. The lowest BCUT2D eigenvalue weighted by molar-refractivity contribution is 0.0871. The van der Waals surface area contributed by atoms with Crippen LogP contribution in [0.1, 0.15) is 29.3 Å². The fourth-order valence-corrected chi connectivity index (χ4v) is 1.58. The first-order valence-electron chi connectivity index (χ1n) is 5.74. The Morgan fingerprint density at radius 2 is 2.00 bits per heavy atom. The summed E-state index contributed by atoms with van der Waals surface area (Å²) in [6.07, 6.45) is 0.446. The van der Waals surface area contributed by atoms with Gasteiger partial charge in [-0.15, -0.1) is 0 Å². The highest BCUT2D eigenvalue weighted by Gasteiger charge is 2.18. The summed E-state index contributed by atoms with van der Waals surface area (Å²) in [5, 5.41) is 8.52. The van der Waals surface area contributed by atoms with E-state index in [-0.39, 0.29) is 11.8 Å². The molecular formula is C14H18N2O. The Hall–Kier alpha value is -1.66. The zero-order valence-corrected chi connectivity index (χ0v) is 10.6. The minimum absolute atomic E-state index is 0.102. The molecular weight excluding hydrogens is 212 g/mol. The molecule has 0 heterocycles. The van der Waals surface area contributed by atoms with Crippen molar-refractivity contribution in [3.05, 3.63) is 35.4 Å². The molecule has 0 aliphatic rings. The highest BCUT2D eigenvalue weighted by atomic mass is 16.1. The summed E-state index contributed by atoms with van der Waals surface area (Å²) in [4.78, 5) is 14.0. The van der Waals surface area contributed by atoms with Crippen LogP contribution < -0.4 is 0 Å². The molecule has 0 amide bonds. The predicted molar refractivity (Wildman–Crippen MR) is 67.8 cm³/mol. The summed E-state index contributed by atoms with van der Waals surface area (Å²) in [5.41, 5.74) is 1.87. The zero-order valence-electron chi connectivity index (χ0n) is 10.6. The van der Waals surface area contributed by atoms with Crippen LogP contribution >= 0.6 is 0 Å². The molecule has 0 aromatic heterocycles. The van der Waals surface area contributed by atoms with Crippen LogP contribution in [-0.2, 0) is 0 Å². The molecule has 1 aromatic rings. The van der Waals surface area contributed by atoms with Gasteiger partial charge < -0.3 is 0 Å². The van der Waals surface area contributed by atoms with Gasteiger partial charge in [0.25, 0.3) is 0 Å². The average molecular weight is 230 g/mol. The largest absolute Gasteiger partial charge is 0.296 e. The van der Waals surface area contributed by atoms with Crippen molar-refractivity contribution in [1.29, 1.82) is 5.26 Å². The van der Waals surface area contributed by atoms with Gasteiger partial charge in [0.05, 0.1) is 12.1 Å². The van der Waals surface area contributed by atoms with E-state index in [1.807, 2.05) is 50.1 Å². The maximum Gasteiger partial charge on any atom is 0.179 e. The van der Waals surface area contributed by atoms with Crippen molar-refractivity contribution in [2.45, 2.75) is 26.3 Å². The van der Waals surface area contributed by atoms with Crippen molar-refractivity contribution in [1.82, 2.24) is 4.90 Å². The fourth-order valence-electron chi connectivity index (χ4n) is 1.58. The van der Waals surface area contributed by atoms with Gasteiger partial charge >= 0.3 is 0 Å². The Labute approximate surface area is 103 Å². The number of rotatable bonds is 5. The summed E-state index contributed by atoms with van der Waals surface area (Å²) in [5.74, 6) is 0.102. The highest BCUT2D eigenvalue weighted by molar-refractivity contribution is 5.99. The Kier molecular flexibility index (Phi) is 4.86. The van der Waals surface area contributed by atoms with Crippen LogP contribution in [0.4, 0.5) is 0 Å². The molecule has 1 aromatic carbocycles. The van der Waals surface area contributed by atoms with Crippen LogP contribution in [0, 0.1) is 18.3 Å². The molecule has 0 spiro atoms. The first-order valence-corrected chi connectivity index (χ1v) is 5.74. The van der Waals surface area contributed by atoms with Gasteiger partial charge in [-0.1, -0.05) is 29.8 Å². The van der Waals surface area contributed by atoms with Gasteiger partial charge in [0.15, 0.2) is 5.78 Å². The van der Waals surface area contributed by atoms with Crippen molar-refractivity contribution < 1.29 is 4.79 Å². The molecule has 17 heavy (non-hydrogen) atoms. The normalized spacial score (nSPS) is 12.2. The van der Waals surface area contributed by atoms with Gasteiger partial charge in [0, 0.05) is 18.5 Å². The van der Waals surface area contributed by atoms with Crippen molar-refractivity contribution in [2.24, 2.45) is 0 Å². The molecule has 1 atom stereocenters. The molecule has 1 unspecified atom stereocenters. The van der Waals surface area contributed by atoms with Gasteiger partial charge in [-0.25, -0.2) is 0 Å². The summed E-state index contributed by atoms with van der Waals surface area (Å²) in [6, 6.07) is 9.48. The maximum absolute atomic E-state index is 12.1. The smallest absolute Gasteiger partial charge is 0.179 e. The topological polar surface area (TPSA) is 44.1 Å². The molecule has 0 radical (unpaired) electrons. The van der Waals surface area contributed by atoms with Crippen molar-refractivity contribution in [2.75, 3.05) is 13.6 Å². The molecule has 3 nitrogen and oxygen atoms in total. The second-order valence-corrected chi connectivity index (χ2v) is 4.29. The number of hydrogen-bond donors (Lipinski definition) is 0. The SMILES string of the molecule is Cc1ccc(C(=O)C(C)N(C)CCC#N)cc1. The van der Waals surface area contributed by atoms with Crippen molar-refractivity contribution in [3.8, 4) is 6.07 Å². The van der Waals surface area contributed by atoms with Gasteiger partial charge in [-0.3, -0.25) is 9.69 Å². The second-order valence-electron chi connectivity index (χ2n) is 4.29. The van der Waals surface area contributed by atoms with Crippen LogP contribution in [0.25, 0.3) is 0 Å². The molecule has 0 saturated heterocycles. The number of benzene rings is 1. The molecule has 0 aliphatic heterocycles. The minimum atomic E-state index is -0.189. The third-order valence-corrected chi connectivity index (χ3v) is 2.95. The summed E-state index contributed by atoms with van der Waals surface area (Å²) < 4.78 is 0. The number of aryl methyl sites for hydroxylation is 1. The first-order chi connectivity index (χ1) is 8.06. The van der Waals surface area contributed by atoms with Gasteiger partial charge in [0.2, 0.25) is 0 Å². The molecule has 0 aliphatic carbocycles. The lowest BCUT2D eigenvalue weighted by atomic mass is 10.0. The maximum atomic E-state index is 12.1. The molecule has 0 saturated carbocycles. The number of nitrogens with zero attached hydrogens (tertiary/aromatic N) is 2. The average Bonchev–Trinajstić information content (AvgIpc) is 2.35. The third kappa shape index (κ3) is 3.69. The molecule has 0 fully saturated rings. The summed E-state index contributed by atoms with van der Waals surface area (Å²) in [6.45, 7) is 4.49. The Bertz CT molecular complexity index is 417. The summed E-state index contributed by atoms with van der Waals surface area (Å²) >= 11 is 0. The number of carbonyl (C=O) groups is 1. The number of likely N-dealkylation sites (N-methyl/N-ethyl adjacent to an activating group) is 1. The molecule has 90 valence electrons. The molecule has 1 rings (SSSR count). The van der Waals surface area contributed by atoms with Crippen molar-refractivity contribution >= 4 is 5.78 Å². The highest BCUT2D eigenvalue weighted by Crippen LogP contribution is 2.09. The van der Waals surface area contributed by atoms with Crippen LogP contribution in [0.2, 0.25) is 0 Å². The quantitative estimate of drug-likeness (QED) is 0.730. The zero-order chi connectivity index (χ0) is 12.8. The second kappa shape index (κ2) is 6.17. The van der Waals surface area contributed by atoms with Crippen LogP contribution in [0.3, 0.4) is 0 Å². The van der Waals surface area contributed by atoms with Gasteiger partial charge in [0.1, 0.15) is 0 Å². The Balaban J connectivity index is 2.69. The van der Waals surface area contributed by atoms with Crippen LogP contribution in [-0.4, -0.2) is 30.3 Å². The monoisotopic (exact) mass is 230 g/mol. The number of hydrogen-bond acceptors (Lipinski definition) is 3. The van der Waals surface area contributed by atoms with Crippen LogP contribution in [0.15, 0.2) is 24.3 Å². The molecule has 0 bridgehead atoms. The Morgan fingerprint density at radius 3 is 2.53 bits per heavy atom. The van der Waals surface area contributed by atoms with E-state index in [9.17, 15) is 4.79 Å². The number of ketones is 1. The van der Waals surface area contributed by atoms with E-state index in [1.165, 1.54) is 0 Å². The van der Waals surface area contributed by atoms with Crippen molar-refractivity contribution in [3.63, 3.8) is 0 Å². The van der Waals surface area contributed by atoms with Gasteiger partial charge in [-0.2, -0.15) is 5.26 Å². The number of nitriles is 1. The van der Waals surface area contributed by atoms with Crippen LogP contribution in [0.5, 0.6) is 0 Å². The van der Waals surface area contributed by atoms with E-state index in [2.05, 4.69) is 6.07 Å². The number of carbonyl (C=O) groups excluding carboxylic acids is 1. The lowest BCUT2D eigenvalue weighted by Gasteiger charge is -2.22. The Morgan fingerprint density at radius 1 is 1.41 bits per heavy atom. The molecule has 3 heteroatoms. The molecule has 0 N–H and O–H groups in total. The minimum Gasteiger partial charge on any atom is -0.296 e. The standard InChI is InChI=1S/C14H18N2O/c1-11-5-7-13(8-6-11)14(17)12(2)16(3)10-4-9-15/h5-8,12H,4,10H2,1-3H3. The van der Waals surface area contributed by atoms with E-state index in [1.54, 1.807) is 0 Å². The first kappa shape index (κ1) is 13.4. The van der Waals surface area contributed by atoms with E-state index >= 15 is 0 Å². The lowest BCUT2D eigenvalue weighted by Crippen LogP contribution is -2.36. The fraction of sp³-hybridized carbons (Fsp3) is 0.429.